The highest BCUT2D eigenvalue weighted by Crippen LogP contribution is 2.34. The van der Waals surface area contributed by atoms with Crippen LogP contribution in [0.4, 0.5) is 5.82 Å². The number of anilines is 1. The number of ether oxygens (including phenoxy) is 1. The number of hydrogen-bond donors (Lipinski definition) is 0. The van der Waals surface area contributed by atoms with Crippen molar-refractivity contribution < 1.29 is 9.53 Å². The van der Waals surface area contributed by atoms with Gasteiger partial charge in [0, 0.05) is 26.9 Å². The topological polar surface area (TPSA) is 67.2 Å². The maximum absolute atomic E-state index is 13.2. The van der Waals surface area contributed by atoms with Gasteiger partial charge in [-0.15, -0.1) is 0 Å². The summed E-state index contributed by atoms with van der Waals surface area (Å²) >= 11 is 6.64. The summed E-state index contributed by atoms with van der Waals surface area (Å²) in [7, 11) is 3.66. The Balaban J connectivity index is 1.76. The first-order valence-corrected chi connectivity index (χ1v) is 10.7. The summed E-state index contributed by atoms with van der Waals surface area (Å²) in [6.07, 6.45) is 5.26. The van der Waals surface area contributed by atoms with Gasteiger partial charge in [-0.3, -0.25) is 18.9 Å². The zero-order chi connectivity index (χ0) is 20.7. The molecule has 2 aliphatic rings. The molecule has 2 saturated heterocycles. The van der Waals surface area contributed by atoms with Crippen LogP contribution in [0.25, 0.3) is 11.7 Å². The van der Waals surface area contributed by atoms with Crippen molar-refractivity contribution in [1.29, 1.82) is 0 Å². The van der Waals surface area contributed by atoms with Crippen LogP contribution in [0.1, 0.15) is 24.0 Å². The summed E-state index contributed by atoms with van der Waals surface area (Å²) in [5.41, 5.74) is 1.66. The van der Waals surface area contributed by atoms with E-state index in [4.69, 9.17) is 17.0 Å². The fourth-order valence-electron chi connectivity index (χ4n) is 3.55. The number of hydrogen-bond acceptors (Lipinski definition) is 7. The number of aromatic nitrogens is 2. The average molecular weight is 431 g/mol. The van der Waals surface area contributed by atoms with Gasteiger partial charge in [-0.25, -0.2) is 4.98 Å². The molecule has 0 aliphatic carbocycles. The first-order chi connectivity index (χ1) is 13.9. The van der Waals surface area contributed by atoms with Crippen molar-refractivity contribution in [1.82, 2.24) is 14.3 Å². The normalized spacial score (nSPS) is 21.0. The van der Waals surface area contributed by atoms with Crippen LogP contribution in [-0.2, 0) is 9.53 Å². The molecule has 0 spiro atoms. The molecule has 0 radical (unpaired) electrons. The van der Waals surface area contributed by atoms with Crippen molar-refractivity contribution in [2.75, 3.05) is 32.1 Å². The lowest BCUT2D eigenvalue weighted by Crippen LogP contribution is -2.35. The van der Waals surface area contributed by atoms with E-state index in [0.717, 1.165) is 25.0 Å². The van der Waals surface area contributed by atoms with E-state index >= 15 is 0 Å². The van der Waals surface area contributed by atoms with E-state index in [9.17, 15) is 9.59 Å². The molecule has 0 aromatic carbocycles. The van der Waals surface area contributed by atoms with E-state index in [1.54, 1.807) is 22.1 Å². The fraction of sp³-hybridized carbons (Fsp3) is 0.400. The van der Waals surface area contributed by atoms with E-state index in [2.05, 4.69) is 4.98 Å². The summed E-state index contributed by atoms with van der Waals surface area (Å²) in [5, 5.41) is 0. The number of fused-ring (bicyclic) bond motifs is 1. The molecular weight excluding hydrogens is 408 g/mol. The van der Waals surface area contributed by atoms with Gasteiger partial charge in [-0.1, -0.05) is 30.0 Å². The van der Waals surface area contributed by atoms with Crippen molar-refractivity contribution >= 4 is 51.7 Å². The number of nitrogens with zero attached hydrogens (tertiary/aromatic N) is 4. The number of carbonyl (C=O) groups is 1. The molecule has 29 heavy (non-hydrogen) atoms. The van der Waals surface area contributed by atoms with E-state index < -0.39 is 0 Å². The van der Waals surface area contributed by atoms with Gasteiger partial charge in [0.05, 0.1) is 23.1 Å². The Hall–Kier alpha value is -2.23. The lowest BCUT2D eigenvalue weighted by atomic mass is 10.2. The molecule has 152 valence electrons. The van der Waals surface area contributed by atoms with Crippen LogP contribution in [0, 0.1) is 6.92 Å². The van der Waals surface area contributed by atoms with Crippen molar-refractivity contribution in [3.8, 4) is 0 Å². The molecule has 2 aromatic heterocycles. The number of thiocarbonyl (C=S) groups is 1. The number of carbonyl (C=O) groups excluding carboxylic acids is 1. The Bertz CT molecular complexity index is 1090. The second-order valence-corrected chi connectivity index (χ2v) is 9.04. The van der Waals surface area contributed by atoms with Crippen molar-refractivity contribution in [2.24, 2.45) is 0 Å². The first-order valence-electron chi connectivity index (χ1n) is 9.43. The lowest BCUT2D eigenvalue weighted by molar-refractivity contribution is -0.123. The van der Waals surface area contributed by atoms with Crippen LogP contribution in [0.2, 0.25) is 0 Å². The van der Waals surface area contributed by atoms with Crippen LogP contribution in [0.5, 0.6) is 0 Å². The van der Waals surface area contributed by atoms with Gasteiger partial charge >= 0.3 is 0 Å². The molecule has 1 amide bonds. The summed E-state index contributed by atoms with van der Waals surface area (Å²) in [6, 6.07) is 3.72. The molecule has 2 fully saturated rings. The second kappa shape index (κ2) is 7.89. The zero-order valence-corrected chi connectivity index (χ0v) is 18.2. The molecule has 4 rings (SSSR count). The van der Waals surface area contributed by atoms with Crippen molar-refractivity contribution in [2.45, 2.75) is 25.9 Å². The highest BCUT2D eigenvalue weighted by Gasteiger charge is 2.35. The van der Waals surface area contributed by atoms with Crippen LogP contribution in [0.15, 0.2) is 28.0 Å². The Morgan fingerprint density at radius 3 is 2.90 bits per heavy atom. The Morgan fingerprint density at radius 2 is 2.21 bits per heavy atom. The maximum atomic E-state index is 13.2. The molecule has 2 aromatic rings. The SMILES string of the molecule is Cc1cccn2c(=O)c(/C=C3\SC(=S)N(C[C@@H]4CCCO4)C3=O)c(N(C)C)nc12. The molecule has 2 aliphatic heterocycles. The predicted octanol–water partition coefficient (Wildman–Crippen LogP) is 2.45. The molecular formula is C20H22N4O3S2. The number of rotatable bonds is 4. The minimum atomic E-state index is -0.216. The van der Waals surface area contributed by atoms with Gasteiger partial charge in [0.15, 0.2) is 0 Å². The second-order valence-electron chi connectivity index (χ2n) is 7.36. The van der Waals surface area contributed by atoms with Gasteiger partial charge in [0.1, 0.15) is 15.8 Å². The first kappa shape index (κ1) is 20.1. The van der Waals surface area contributed by atoms with Gasteiger partial charge in [-0.2, -0.15) is 0 Å². The Kier molecular flexibility index (Phi) is 5.46. The zero-order valence-electron chi connectivity index (χ0n) is 16.5. The Morgan fingerprint density at radius 1 is 1.41 bits per heavy atom. The van der Waals surface area contributed by atoms with Crippen LogP contribution in [0.3, 0.4) is 0 Å². The van der Waals surface area contributed by atoms with Gasteiger partial charge in [0.2, 0.25) is 0 Å². The average Bonchev–Trinajstić information content (AvgIpc) is 3.28. The Labute approximate surface area is 178 Å². The van der Waals surface area contributed by atoms with Crippen molar-refractivity contribution in [3.05, 3.63) is 44.7 Å². The van der Waals surface area contributed by atoms with E-state index in [0.29, 0.717) is 32.8 Å². The van der Waals surface area contributed by atoms with Gasteiger partial charge in [-0.05, 0) is 37.5 Å². The third kappa shape index (κ3) is 3.70. The summed E-state index contributed by atoms with van der Waals surface area (Å²) in [6.45, 7) is 3.09. The molecule has 4 heterocycles. The van der Waals surface area contributed by atoms with E-state index in [-0.39, 0.29) is 17.6 Å². The standard InChI is InChI=1S/C20H22N4O3S2/c1-12-6-4-8-23-16(12)21-17(22(2)3)14(18(23)25)10-15-19(26)24(20(28)29-15)11-13-7-5-9-27-13/h4,6,8,10,13H,5,7,9,11H2,1-3H3/b15-10-/t13-/m0/s1. The molecule has 0 N–H and O–H groups in total. The third-order valence-corrected chi connectivity index (χ3v) is 6.42. The largest absolute Gasteiger partial charge is 0.376 e. The van der Waals surface area contributed by atoms with Crippen LogP contribution >= 0.6 is 24.0 Å². The number of aryl methyl sites for hydroxylation is 1. The minimum Gasteiger partial charge on any atom is -0.376 e. The maximum Gasteiger partial charge on any atom is 0.267 e. The molecule has 7 nitrogen and oxygen atoms in total. The number of pyridine rings is 1. The fourth-order valence-corrected chi connectivity index (χ4v) is 4.80. The van der Waals surface area contributed by atoms with Gasteiger partial charge in [0.25, 0.3) is 11.5 Å². The molecule has 1 atom stereocenters. The van der Waals surface area contributed by atoms with E-state index in [1.807, 2.05) is 33.2 Å². The summed E-state index contributed by atoms with van der Waals surface area (Å²) in [5.74, 6) is 0.336. The third-order valence-electron chi connectivity index (χ3n) is 5.05. The van der Waals surface area contributed by atoms with Crippen LogP contribution < -0.4 is 10.5 Å². The molecule has 0 unspecified atom stereocenters. The minimum absolute atomic E-state index is 0.0186. The monoisotopic (exact) mass is 430 g/mol. The van der Waals surface area contributed by atoms with Gasteiger partial charge < -0.3 is 9.64 Å². The van der Waals surface area contributed by atoms with E-state index in [1.165, 1.54) is 16.2 Å². The molecule has 0 saturated carbocycles. The number of amides is 1. The highest BCUT2D eigenvalue weighted by atomic mass is 32.2. The van der Waals surface area contributed by atoms with Crippen LogP contribution in [-0.4, -0.2) is 57.9 Å². The predicted molar refractivity (Wildman–Crippen MR) is 119 cm³/mol. The molecule has 9 heteroatoms. The lowest BCUT2D eigenvalue weighted by Gasteiger charge is -2.18. The summed E-state index contributed by atoms with van der Waals surface area (Å²) in [4.78, 5) is 34.7. The number of thioether (sulfide) groups is 1. The quantitative estimate of drug-likeness (QED) is 0.545. The highest BCUT2D eigenvalue weighted by molar-refractivity contribution is 8.26. The smallest absolute Gasteiger partial charge is 0.267 e. The molecule has 0 bridgehead atoms. The van der Waals surface area contributed by atoms with Crippen molar-refractivity contribution in [3.63, 3.8) is 0 Å². The summed E-state index contributed by atoms with van der Waals surface area (Å²) < 4.78 is 7.65.